The summed E-state index contributed by atoms with van der Waals surface area (Å²) < 4.78 is 18.9. The Kier molecular flexibility index (Phi) is 5.18. The standard InChI is InChI=1S/C22H13FN2O5S/c23-14-4-6-15(7-5-14)25-20(27)17(19(26)24-22(25)31)11-16-8-9-18(30-16)12-2-1-3-13(10-12)21(28)29/h1-11H,(H,28,29)(H,24,26,31)/p-1/b17-11+. The number of nitrogens with zero attached hydrogens (tertiary/aromatic N) is 1. The van der Waals surface area contributed by atoms with Crippen LogP contribution in [0.4, 0.5) is 10.1 Å². The molecule has 2 aromatic carbocycles. The van der Waals surface area contributed by atoms with Crippen molar-refractivity contribution < 1.29 is 28.3 Å². The van der Waals surface area contributed by atoms with Crippen LogP contribution in [-0.4, -0.2) is 22.9 Å². The molecule has 7 nitrogen and oxygen atoms in total. The molecule has 3 aromatic rings. The Bertz CT molecular complexity index is 1260. The number of nitrogens with one attached hydrogen (secondary N) is 1. The van der Waals surface area contributed by atoms with Gasteiger partial charge in [0.25, 0.3) is 11.8 Å². The molecule has 1 aliphatic heterocycles. The van der Waals surface area contributed by atoms with E-state index in [2.05, 4.69) is 5.32 Å². The summed E-state index contributed by atoms with van der Waals surface area (Å²) in [6, 6.07) is 14.2. The molecule has 1 aliphatic rings. The van der Waals surface area contributed by atoms with Gasteiger partial charge in [-0.3, -0.25) is 19.8 Å². The van der Waals surface area contributed by atoms with Crippen LogP contribution in [0.2, 0.25) is 0 Å². The Hall–Kier alpha value is -4.11. The number of carboxylic acids is 1. The van der Waals surface area contributed by atoms with Crippen molar-refractivity contribution in [3.63, 3.8) is 0 Å². The van der Waals surface area contributed by atoms with Crippen LogP contribution in [0.25, 0.3) is 17.4 Å². The van der Waals surface area contributed by atoms with E-state index < -0.39 is 23.6 Å². The maximum atomic E-state index is 13.2. The van der Waals surface area contributed by atoms with Crippen molar-refractivity contribution in [2.45, 2.75) is 0 Å². The molecule has 1 aromatic heterocycles. The SMILES string of the molecule is O=C1NC(=S)N(c2ccc(F)cc2)C(=O)/C1=C/c1ccc(-c2cccc(C(=O)[O-])c2)o1. The highest BCUT2D eigenvalue weighted by Crippen LogP contribution is 2.26. The van der Waals surface area contributed by atoms with Crippen molar-refractivity contribution in [1.82, 2.24) is 5.32 Å². The zero-order valence-corrected chi connectivity index (χ0v) is 16.4. The fraction of sp³-hybridized carbons (Fsp3) is 0. The van der Waals surface area contributed by atoms with Gasteiger partial charge < -0.3 is 14.3 Å². The molecule has 9 heteroatoms. The quantitative estimate of drug-likeness (QED) is 0.383. The van der Waals surface area contributed by atoms with Gasteiger partial charge in [-0.2, -0.15) is 0 Å². The molecule has 4 rings (SSSR count). The third kappa shape index (κ3) is 3.99. The van der Waals surface area contributed by atoms with E-state index in [-0.39, 0.29) is 22.0 Å². The van der Waals surface area contributed by atoms with Gasteiger partial charge in [-0.05, 0) is 66.3 Å². The minimum atomic E-state index is -1.32. The summed E-state index contributed by atoms with van der Waals surface area (Å²) in [6.45, 7) is 0. The van der Waals surface area contributed by atoms with E-state index in [1.54, 1.807) is 18.2 Å². The summed E-state index contributed by atoms with van der Waals surface area (Å²) in [5, 5.41) is 13.3. The van der Waals surface area contributed by atoms with Crippen molar-refractivity contribution in [2.24, 2.45) is 0 Å². The predicted molar refractivity (Wildman–Crippen MR) is 111 cm³/mol. The second kappa shape index (κ2) is 7.96. The second-order valence-corrected chi connectivity index (χ2v) is 6.89. The molecule has 31 heavy (non-hydrogen) atoms. The molecular weight excluding hydrogens is 423 g/mol. The Balaban J connectivity index is 1.66. The monoisotopic (exact) mass is 435 g/mol. The number of aromatic carboxylic acids is 1. The highest BCUT2D eigenvalue weighted by Gasteiger charge is 2.34. The number of carbonyl (C=O) groups excluding carboxylic acids is 3. The third-order valence-electron chi connectivity index (χ3n) is 4.48. The Labute approximate surface area is 180 Å². The first kappa shape index (κ1) is 20.2. The molecule has 0 saturated carbocycles. The lowest BCUT2D eigenvalue weighted by atomic mass is 10.1. The van der Waals surface area contributed by atoms with Crippen LogP contribution < -0.4 is 15.3 Å². The van der Waals surface area contributed by atoms with Crippen LogP contribution in [-0.2, 0) is 9.59 Å². The number of hydrogen-bond acceptors (Lipinski definition) is 6. The molecule has 0 radical (unpaired) electrons. The van der Waals surface area contributed by atoms with Crippen molar-refractivity contribution >= 4 is 46.9 Å². The van der Waals surface area contributed by atoms with Crippen LogP contribution in [0.1, 0.15) is 16.1 Å². The fourth-order valence-electron chi connectivity index (χ4n) is 3.01. The van der Waals surface area contributed by atoms with Gasteiger partial charge in [0, 0.05) is 5.56 Å². The van der Waals surface area contributed by atoms with E-state index in [1.807, 2.05) is 0 Å². The zero-order chi connectivity index (χ0) is 22.1. The fourth-order valence-corrected chi connectivity index (χ4v) is 3.29. The third-order valence-corrected chi connectivity index (χ3v) is 4.77. The van der Waals surface area contributed by atoms with Crippen molar-refractivity contribution in [2.75, 3.05) is 4.90 Å². The Morgan fingerprint density at radius 2 is 1.84 bits per heavy atom. The molecule has 1 fully saturated rings. The highest BCUT2D eigenvalue weighted by molar-refractivity contribution is 7.80. The van der Waals surface area contributed by atoms with Gasteiger partial charge in [-0.1, -0.05) is 18.2 Å². The Morgan fingerprint density at radius 1 is 1.10 bits per heavy atom. The number of thiocarbonyl (C=S) groups is 1. The molecule has 2 amide bonds. The maximum absolute atomic E-state index is 13.2. The maximum Gasteiger partial charge on any atom is 0.270 e. The summed E-state index contributed by atoms with van der Waals surface area (Å²) in [6.07, 6.45) is 1.25. The van der Waals surface area contributed by atoms with E-state index >= 15 is 0 Å². The van der Waals surface area contributed by atoms with Crippen LogP contribution in [0.15, 0.2) is 70.7 Å². The van der Waals surface area contributed by atoms with Gasteiger partial charge >= 0.3 is 0 Å². The van der Waals surface area contributed by atoms with Crippen LogP contribution in [0, 0.1) is 5.82 Å². The van der Waals surface area contributed by atoms with Crippen LogP contribution in [0.5, 0.6) is 0 Å². The van der Waals surface area contributed by atoms with Crippen molar-refractivity contribution in [3.05, 3.63) is 83.4 Å². The van der Waals surface area contributed by atoms with Crippen LogP contribution >= 0.6 is 12.2 Å². The van der Waals surface area contributed by atoms with Crippen LogP contribution in [0.3, 0.4) is 0 Å². The van der Waals surface area contributed by atoms with Gasteiger partial charge in [0.15, 0.2) is 5.11 Å². The van der Waals surface area contributed by atoms with Gasteiger partial charge in [-0.25, -0.2) is 4.39 Å². The number of anilines is 1. The molecule has 0 aliphatic carbocycles. The van der Waals surface area contributed by atoms with E-state index in [4.69, 9.17) is 16.6 Å². The first-order chi connectivity index (χ1) is 14.8. The first-order valence-corrected chi connectivity index (χ1v) is 9.33. The summed E-state index contributed by atoms with van der Waals surface area (Å²) >= 11 is 5.09. The highest BCUT2D eigenvalue weighted by atomic mass is 32.1. The molecule has 0 atom stereocenters. The summed E-state index contributed by atoms with van der Waals surface area (Å²) in [5.74, 6) is -2.67. The number of halogens is 1. The summed E-state index contributed by atoms with van der Waals surface area (Å²) in [4.78, 5) is 37.4. The topological polar surface area (TPSA) is 103 Å². The molecule has 0 bridgehead atoms. The number of carboxylic acid groups (broad SMARTS) is 1. The molecule has 1 N–H and O–H groups in total. The lowest BCUT2D eigenvalue weighted by molar-refractivity contribution is -0.255. The molecule has 154 valence electrons. The number of furan rings is 1. The molecule has 0 spiro atoms. The van der Waals surface area contributed by atoms with Gasteiger partial charge in [-0.15, -0.1) is 0 Å². The number of benzene rings is 2. The lowest BCUT2D eigenvalue weighted by Crippen LogP contribution is -2.54. The van der Waals surface area contributed by atoms with Crippen molar-refractivity contribution in [3.8, 4) is 11.3 Å². The number of hydrogen-bond donors (Lipinski definition) is 1. The second-order valence-electron chi connectivity index (χ2n) is 6.50. The number of amides is 2. The molecular formula is C22H12FN2O5S-. The number of carbonyl (C=O) groups is 3. The van der Waals surface area contributed by atoms with Gasteiger partial charge in [0.05, 0.1) is 11.7 Å². The van der Waals surface area contributed by atoms with E-state index in [0.717, 1.165) is 4.90 Å². The smallest absolute Gasteiger partial charge is 0.270 e. The van der Waals surface area contributed by atoms with Gasteiger partial charge in [0.2, 0.25) is 0 Å². The minimum absolute atomic E-state index is 0.0147. The molecule has 1 saturated heterocycles. The predicted octanol–water partition coefficient (Wildman–Crippen LogP) is 2.28. The Morgan fingerprint density at radius 3 is 2.55 bits per heavy atom. The molecule has 0 unspecified atom stereocenters. The lowest BCUT2D eigenvalue weighted by Gasteiger charge is -2.28. The number of rotatable bonds is 4. The van der Waals surface area contributed by atoms with E-state index in [1.165, 1.54) is 48.5 Å². The largest absolute Gasteiger partial charge is 0.545 e. The minimum Gasteiger partial charge on any atom is -0.545 e. The molecule has 2 heterocycles. The first-order valence-electron chi connectivity index (χ1n) is 8.92. The van der Waals surface area contributed by atoms with E-state index in [9.17, 15) is 23.9 Å². The summed E-state index contributed by atoms with van der Waals surface area (Å²) in [7, 11) is 0. The zero-order valence-electron chi connectivity index (χ0n) is 15.6. The normalized spacial score (nSPS) is 15.3. The van der Waals surface area contributed by atoms with Gasteiger partial charge in [0.1, 0.15) is 22.9 Å². The average Bonchev–Trinajstić information content (AvgIpc) is 3.21. The van der Waals surface area contributed by atoms with E-state index in [0.29, 0.717) is 17.0 Å². The summed E-state index contributed by atoms with van der Waals surface area (Å²) in [5.41, 5.74) is 0.530. The average molecular weight is 435 g/mol. The van der Waals surface area contributed by atoms with Crippen molar-refractivity contribution in [1.29, 1.82) is 0 Å².